The highest BCUT2D eigenvalue weighted by Crippen LogP contribution is 2.33. The van der Waals surface area contributed by atoms with Crippen molar-refractivity contribution in [2.24, 2.45) is 11.8 Å². The summed E-state index contributed by atoms with van der Waals surface area (Å²) in [5.74, 6) is -1.45. The molecule has 3 aromatic rings. The molecule has 1 saturated heterocycles. The number of aromatic nitrogens is 2. The van der Waals surface area contributed by atoms with Crippen LogP contribution in [0.2, 0.25) is 0 Å². The van der Waals surface area contributed by atoms with Crippen molar-refractivity contribution in [2.75, 3.05) is 6.61 Å². The first-order valence-electron chi connectivity index (χ1n) is 12.1. The number of ether oxygens (including phenoxy) is 2. The van der Waals surface area contributed by atoms with Crippen molar-refractivity contribution >= 4 is 0 Å². The molecule has 0 N–H and O–H groups in total. The fourth-order valence-corrected chi connectivity index (χ4v) is 4.58. The van der Waals surface area contributed by atoms with Gasteiger partial charge in [-0.3, -0.25) is 0 Å². The highest BCUT2D eigenvalue weighted by atomic mass is 19.1. The largest absolute Gasteiger partial charge is 0.458 e. The fourth-order valence-electron chi connectivity index (χ4n) is 4.58. The van der Waals surface area contributed by atoms with E-state index in [-0.39, 0.29) is 52.9 Å². The zero-order valence-corrected chi connectivity index (χ0v) is 19.9. The summed E-state index contributed by atoms with van der Waals surface area (Å²) in [4.78, 5) is 8.17. The summed E-state index contributed by atoms with van der Waals surface area (Å²) in [7, 11) is 0. The third-order valence-electron chi connectivity index (χ3n) is 6.75. The van der Waals surface area contributed by atoms with Crippen LogP contribution in [0.25, 0.3) is 11.3 Å². The molecule has 0 saturated carbocycles. The molecule has 1 aliphatic carbocycles. The highest BCUT2D eigenvalue weighted by Gasteiger charge is 2.28. The van der Waals surface area contributed by atoms with Crippen molar-refractivity contribution in [2.45, 2.75) is 32.0 Å². The van der Waals surface area contributed by atoms with Gasteiger partial charge in [0.1, 0.15) is 24.1 Å². The van der Waals surface area contributed by atoms with E-state index in [1.54, 1.807) is 0 Å². The molecule has 8 heteroatoms. The summed E-state index contributed by atoms with van der Waals surface area (Å²) < 4.78 is 55.4. The SMILES string of the molecule is N#Cc1ccc(COc2nccc(-c3cc(F)c(CC4C=CC=C[C@@H]4CC4CCO4)cc3F)n2)c(F)c1. The van der Waals surface area contributed by atoms with Gasteiger partial charge in [0.05, 0.1) is 23.4 Å². The third-order valence-corrected chi connectivity index (χ3v) is 6.75. The maximum absolute atomic E-state index is 15.2. The average molecular weight is 504 g/mol. The topological polar surface area (TPSA) is 68.0 Å². The standard InChI is InChI=1S/C29H24F3N3O2/c30-25-11-18(16-33)5-6-21(25)17-37-29-34-9-7-28(35-29)24-15-26(31)22(14-27(24)32)12-19-3-1-2-4-20(19)13-23-8-10-36-23/h1-7,9,11,14-15,19-20,23H,8,10,12-13,17H2/t19?,20-,23?/m1/s1. The van der Waals surface area contributed by atoms with Gasteiger partial charge in [-0.05, 0) is 67.0 Å². The Balaban J connectivity index is 1.30. The molecule has 1 fully saturated rings. The summed E-state index contributed by atoms with van der Waals surface area (Å²) in [6.45, 7) is 0.595. The Morgan fingerprint density at radius 1 is 0.973 bits per heavy atom. The quantitative estimate of drug-likeness (QED) is 0.372. The van der Waals surface area contributed by atoms with Crippen molar-refractivity contribution in [1.82, 2.24) is 9.97 Å². The molecule has 2 aliphatic rings. The third kappa shape index (κ3) is 5.73. The molecular formula is C29H24F3N3O2. The Morgan fingerprint density at radius 3 is 2.49 bits per heavy atom. The molecule has 3 atom stereocenters. The number of rotatable bonds is 8. The van der Waals surface area contributed by atoms with Gasteiger partial charge in [-0.1, -0.05) is 30.4 Å². The summed E-state index contributed by atoms with van der Waals surface area (Å²) in [5.41, 5.74) is 0.834. The molecule has 2 aromatic carbocycles. The van der Waals surface area contributed by atoms with Crippen LogP contribution in [0.15, 0.2) is 66.9 Å². The van der Waals surface area contributed by atoms with Crippen molar-refractivity contribution in [3.8, 4) is 23.3 Å². The smallest absolute Gasteiger partial charge is 0.317 e. The molecule has 1 aromatic heterocycles. The van der Waals surface area contributed by atoms with E-state index in [2.05, 4.69) is 16.0 Å². The van der Waals surface area contributed by atoms with Crippen molar-refractivity contribution in [1.29, 1.82) is 5.26 Å². The van der Waals surface area contributed by atoms with Crippen LogP contribution in [-0.4, -0.2) is 22.7 Å². The lowest BCUT2D eigenvalue weighted by Gasteiger charge is -2.33. The summed E-state index contributed by atoms with van der Waals surface area (Å²) in [5, 5.41) is 8.86. The van der Waals surface area contributed by atoms with E-state index >= 15 is 8.78 Å². The van der Waals surface area contributed by atoms with E-state index in [0.717, 1.165) is 31.6 Å². The van der Waals surface area contributed by atoms with Crippen LogP contribution in [0.1, 0.15) is 29.5 Å². The van der Waals surface area contributed by atoms with E-state index < -0.39 is 17.5 Å². The average Bonchev–Trinajstić information content (AvgIpc) is 2.88. The van der Waals surface area contributed by atoms with Gasteiger partial charge in [0, 0.05) is 23.9 Å². The molecule has 1 aliphatic heterocycles. The van der Waals surface area contributed by atoms with Crippen molar-refractivity contribution in [3.05, 3.63) is 101 Å². The van der Waals surface area contributed by atoms with Gasteiger partial charge in [0.2, 0.25) is 0 Å². The van der Waals surface area contributed by atoms with Gasteiger partial charge in [-0.2, -0.15) is 10.2 Å². The Morgan fingerprint density at radius 2 is 1.76 bits per heavy atom. The van der Waals surface area contributed by atoms with Gasteiger partial charge in [0.15, 0.2) is 0 Å². The number of hydrogen-bond acceptors (Lipinski definition) is 5. The van der Waals surface area contributed by atoms with Crippen LogP contribution in [0, 0.1) is 40.6 Å². The molecule has 37 heavy (non-hydrogen) atoms. The molecule has 188 valence electrons. The van der Waals surface area contributed by atoms with Crippen LogP contribution in [0.3, 0.4) is 0 Å². The number of nitriles is 1. The van der Waals surface area contributed by atoms with E-state index in [4.69, 9.17) is 14.7 Å². The minimum atomic E-state index is -0.603. The second-order valence-electron chi connectivity index (χ2n) is 9.17. The van der Waals surface area contributed by atoms with E-state index in [0.29, 0.717) is 12.0 Å². The Labute approximate surface area is 212 Å². The van der Waals surface area contributed by atoms with Gasteiger partial charge in [0.25, 0.3) is 0 Å². The van der Waals surface area contributed by atoms with Crippen LogP contribution < -0.4 is 4.74 Å². The Kier molecular flexibility index (Phi) is 7.33. The second-order valence-corrected chi connectivity index (χ2v) is 9.17. The molecule has 5 nitrogen and oxygen atoms in total. The van der Waals surface area contributed by atoms with Crippen molar-refractivity contribution < 1.29 is 22.6 Å². The number of benzene rings is 2. The van der Waals surface area contributed by atoms with E-state index in [1.165, 1.54) is 30.5 Å². The number of hydrogen-bond donors (Lipinski definition) is 0. The lowest BCUT2D eigenvalue weighted by molar-refractivity contribution is -0.0621. The Bertz CT molecular complexity index is 1400. The fraction of sp³-hybridized carbons (Fsp3) is 0.276. The molecule has 0 amide bonds. The lowest BCUT2D eigenvalue weighted by Crippen LogP contribution is -2.31. The zero-order chi connectivity index (χ0) is 25.8. The highest BCUT2D eigenvalue weighted by molar-refractivity contribution is 5.60. The first kappa shape index (κ1) is 24.7. The minimum Gasteiger partial charge on any atom is -0.458 e. The predicted octanol–water partition coefficient (Wildman–Crippen LogP) is 6.09. The van der Waals surface area contributed by atoms with E-state index in [1.807, 2.05) is 24.3 Å². The predicted molar refractivity (Wildman–Crippen MR) is 131 cm³/mol. The molecular weight excluding hydrogens is 479 g/mol. The number of allylic oxidation sites excluding steroid dienone is 4. The molecule has 2 unspecified atom stereocenters. The zero-order valence-electron chi connectivity index (χ0n) is 19.9. The van der Waals surface area contributed by atoms with Crippen LogP contribution in [0.5, 0.6) is 6.01 Å². The summed E-state index contributed by atoms with van der Waals surface area (Å²) in [6, 6.07) is 9.60. The maximum atomic E-state index is 15.2. The molecule has 5 rings (SSSR count). The minimum absolute atomic E-state index is 0.0171. The molecule has 0 spiro atoms. The van der Waals surface area contributed by atoms with Crippen LogP contribution >= 0.6 is 0 Å². The Hall–Kier alpha value is -3.96. The monoisotopic (exact) mass is 503 g/mol. The first-order chi connectivity index (χ1) is 18.0. The van der Waals surface area contributed by atoms with Crippen LogP contribution in [-0.2, 0) is 17.8 Å². The number of nitrogens with zero attached hydrogens (tertiary/aromatic N) is 3. The van der Waals surface area contributed by atoms with Crippen molar-refractivity contribution in [3.63, 3.8) is 0 Å². The van der Waals surface area contributed by atoms with Gasteiger partial charge < -0.3 is 9.47 Å². The normalized spacial score (nSPS) is 20.3. The van der Waals surface area contributed by atoms with Crippen LogP contribution in [0.4, 0.5) is 13.2 Å². The maximum Gasteiger partial charge on any atom is 0.317 e. The number of halogens is 3. The molecule has 2 heterocycles. The summed E-state index contributed by atoms with van der Waals surface area (Å²) >= 11 is 0. The first-order valence-corrected chi connectivity index (χ1v) is 12.1. The van der Waals surface area contributed by atoms with E-state index in [9.17, 15) is 4.39 Å². The van der Waals surface area contributed by atoms with Gasteiger partial charge in [-0.15, -0.1) is 0 Å². The van der Waals surface area contributed by atoms with Gasteiger partial charge >= 0.3 is 6.01 Å². The molecule has 0 radical (unpaired) electrons. The molecule has 0 bridgehead atoms. The lowest BCUT2D eigenvalue weighted by atomic mass is 9.79. The summed E-state index contributed by atoms with van der Waals surface area (Å²) in [6.07, 6.45) is 12.0. The van der Waals surface area contributed by atoms with Gasteiger partial charge in [-0.25, -0.2) is 18.2 Å². The second kappa shape index (κ2) is 11.0.